The molecule has 0 radical (unpaired) electrons. The Morgan fingerprint density at radius 3 is 2.45 bits per heavy atom. The molecule has 0 fully saturated rings. The fraction of sp³-hybridized carbons (Fsp3) is 0.800. The van der Waals surface area contributed by atoms with Crippen LogP contribution in [0.1, 0.15) is 58.7 Å². The average molecular weight is 302 g/mol. The molecule has 0 amide bonds. The highest BCUT2D eigenvalue weighted by atomic mass is 35.5. The molecule has 0 aliphatic heterocycles. The number of rotatable bonds is 9. The largest absolute Gasteiger partial charge is 0.376 e. The van der Waals surface area contributed by atoms with Crippen molar-refractivity contribution in [2.75, 3.05) is 13.7 Å². The predicted molar refractivity (Wildman–Crippen MR) is 84.3 cm³/mol. The maximum Gasteiger partial charge on any atom is 0.0883 e. The number of likely N-dealkylation sites (N-methyl/N-ethyl adjacent to an activating group) is 1. The first-order valence-corrected chi connectivity index (χ1v) is 7.97. The molecule has 5 heteroatoms. The molecule has 1 rings (SSSR count). The van der Waals surface area contributed by atoms with Gasteiger partial charge < -0.3 is 10.1 Å². The molecular weight excluding hydrogens is 274 g/mol. The highest BCUT2D eigenvalue weighted by molar-refractivity contribution is 6.31. The molecule has 0 spiro atoms. The van der Waals surface area contributed by atoms with Crippen LogP contribution in [0.15, 0.2) is 6.20 Å². The minimum atomic E-state index is -0.259. The van der Waals surface area contributed by atoms with Crippen molar-refractivity contribution in [3.8, 4) is 0 Å². The van der Waals surface area contributed by atoms with Crippen LogP contribution < -0.4 is 5.32 Å². The maximum absolute atomic E-state index is 6.41. The van der Waals surface area contributed by atoms with E-state index in [0.717, 1.165) is 38.0 Å². The number of aryl methyl sites for hydroxylation is 1. The summed E-state index contributed by atoms with van der Waals surface area (Å²) in [6, 6.07) is 0.0500. The van der Waals surface area contributed by atoms with Crippen molar-refractivity contribution in [1.82, 2.24) is 15.1 Å². The van der Waals surface area contributed by atoms with Gasteiger partial charge in [-0.05, 0) is 25.8 Å². The van der Waals surface area contributed by atoms with Crippen molar-refractivity contribution in [1.29, 1.82) is 0 Å². The number of methoxy groups -OCH3 is 1. The first kappa shape index (κ1) is 17.5. The SMILES string of the molecule is CCCn1ncc(Cl)c1C(NCC)C(CC)(CC)OC. The van der Waals surface area contributed by atoms with Gasteiger partial charge >= 0.3 is 0 Å². The number of nitrogens with one attached hydrogen (secondary N) is 1. The molecule has 0 bridgehead atoms. The van der Waals surface area contributed by atoms with Gasteiger partial charge in [-0.25, -0.2) is 0 Å². The summed E-state index contributed by atoms with van der Waals surface area (Å²) >= 11 is 6.41. The maximum atomic E-state index is 6.41. The summed E-state index contributed by atoms with van der Waals surface area (Å²) in [6.45, 7) is 10.3. The Bertz CT molecular complexity index is 394. The minimum Gasteiger partial charge on any atom is -0.376 e. The van der Waals surface area contributed by atoms with E-state index in [1.807, 2.05) is 4.68 Å². The van der Waals surface area contributed by atoms with Crippen LogP contribution in [0.5, 0.6) is 0 Å². The molecule has 1 heterocycles. The molecule has 0 saturated heterocycles. The standard InChI is InChI=1S/C15H28ClN3O/c1-6-10-19-13(12(16)11-18-19)14(17-9-4)15(7-2,8-3)20-5/h11,14,17H,6-10H2,1-5H3. The predicted octanol–water partition coefficient (Wildman–Crippen LogP) is 3.80. The van der Waals surface area contributed by atoms with Crippen LogP contribution in [-0.4, -0.2) is 29.0 Å². The number of hydrogen-bond donors (Lipinski definition) is 1. The third-order valence-electron chi connectivity index (χ3n) is 4.08. The van der Waals surface area contributed by atoms with E-state index in [1.165, 1.54) is 0 Å². The second-order valence-corrected chi connectivity index (χ2v) is 5.47. The lowest BCUT2D eigenvalue weighted by atomic mass is 9.86. The molecule has 0 aromatic carbocycles. The summed E-state index contributed by atoms with van der Waals surface area (Å²) in [4.78, 5) is 0. The van der Waals surface area contributed by atoms with E-state index in [-0.39, 0.29) is 11.6 Å². The average Bonchev–Trinajstić information content (AvgIpc) is 2.81. The highest BCUT2D eigenvalue weighted by Gasteiger charge is 2.39. The lowest BCUT2D eigenvalue weighted by Gasteiger charge is -2.39. The molecule has 0 saturated carbocycles. The van der Waals surface area contributed by atoms with E-state index in [1.54, 1.807) is 13.3 Å². The number of nitrogens with zero attached hydrogens (tertiary/aromatic N) is 2. The fourth-order valence-electron chi connectivity index (χ4n) is 2.85. The topological polar surface area (TPSA) is 39.1 Å². The van der Waals surface area contributed by atoms with Gasteiger partial charge in [-0.3, -0.25) is 4.68 Å². The first-order valence-electron chi connectivity index (χ1n) is 7.59. The van der Waals surface area contributed by atoms with Crippen LogP contribution in [0.25, 0.3) is 0 Å². The van der Waals surface area contributed by atoms with E-state index >= 15 is 0 Å². The monoisotopic (exact) mass is 301 g/mol. The van der Waals surface area contributed by atoms with Gasteiger partial charge in [0, 0.05) is 13.7 Å². The zero-order valence-corrected chi connectivity index (χ0v) is 14.1. The fourth-order valence-corrected chi connectivity index (χ4v) is 3.10. The first-order chi connectivity index (χ1) is 9.60. The van der Waals surface area contributed by atoms with Crippen LogP contribution in [0.2, 0.25) is 5.02 Å². The van der Waals surface area contributed by atoms with Gasteiger partial charge in [0.05, 0.1) is 28.6 Å². The molecule has 0 aliphatic carbocycles. The van der Waals surface area contributed by atoms with E-state index < -0.39 is 0 Å². The minimum absolute atomic E-state index is 0.0500. The molecule has 1 unspecified atom stereocenters. The summed E-state index contributed by atoms with van der Waals surface area (Å²) < 4.78 is 7.91. The third kappa shape index (κ3) is 3.35. The van der Waals surface area contributed by atoms with Crippen molar-refractivity contribution < 1.29 is 4.74 Å². The lowest BCUT2D eigenvalue weighted by Crippen LogP contribution is -2.46. The quantitative estimate of drug-likeness (QED) is 0.754. The second-order valence-electron chi connectivity index (χ2n) is 5.07. The lowest BCUT2D eigenvalue weighted by molar-refractivity contribution is -0.0503. The van der Waals surface area contributed by atoms with Crippen LogP contribution in [0.4, 0.5) is 0 Å². The summed E-state index contributed by atoms with van der Waals surface area (Å²) in [5.41, 5.74) is 0.784. The smallest absolute Gasteiger partial charge is 0.0883 e. The zero-order chi connectivity index (χ0) is 15.2. The molecule has 1 aromatic rings. The molecule has 116 valence electrons. The van der Waals surface area contributed by atoms with Crippen LogP contribution in [0.3, 0.4) is 0 Å². The summed E-state index contributed by atoms with van der Waals surface area (Å²) in [6.07, 6.45) is 4.61. The highest BCUT2D eigenvalue weighted by Crippen LogP contribution is 2.37. The Labute approximate surface area is 127 Å². The van der Waals surface area contributed by atoms with Crippen molar-refractivity contribution in [2.45, 2.75) is 65.1 Å². The molecule has 20 heavy (non-hydrogen) atoms. The zero-order valence-electron chi connectivity index (χ0n) is 13.4. The molecule has 0 aliphatic rings. The van der Waals surface area contributed by atoms with E-state index in [0.29, 0.717) is 5.02 Å². The van der Waals surface area contributed by atoms with Crippen molar-refractivity contribution >= 4 is 11.6 Å². The third-order valence-corrected chi connectivity index (χ3v) is 4.37. The number of aromatic nitrogens is 2. The van der Waals surface area contributed by atoms with Gasteiger partial charge in [-0.15, -0.1) is 0 Å². The van der Waals surface area contributed by atoms with E-state index in [9.17, 15) is 0 Å². The van der Waals surface area contributed by atoms with E-state index in [4.69, 9.17) is 16.3 Å². The molecule has 1 aromatic heterocycles. The second kappa shape index (κ2) is 8.01. The summed E-state index contributed by atoms with van der Waals surface area (Å²) in [5, 5.41) is 8.68. The van der Waals surface area contributed by atoms with Gasteiger partial charge in [0.25, 0.3) is 0 Å². The van der Waals surface area contributed by atoms with E-state index in [2.05, 4.69) is 38.1 Å². The van der Waals surface area contributed by atoms with Crippen LogP contribution >= 0.6 is 11.6 Å². The van der Waals surface area contributed by atoms with Crippen LogP contribution in [0, 0.1) is 0 Å². The summed E-state index contributed by atoms with van der Waals surface area (Å²) in [7, 11) is 1.78. The van der Waals surface area contributed by atoms with Crippen LogP contribution in [-0.2, 0) is 11.3 Å². The molecule has 1 atom stereocenters. The van der Waals surface area contributed by atoms with Crippen molar-refractivity contribution in [3.63, 3.8) is 0 Å². The Morgan fingerprint density at radius 2 is 2.00 bits per heavy atom. The van der Waals surface area contributed by atoms with Gasteiger partial charge in [-0.1, -0.05) is 39.3 Å². The normalized spacial score (nSPS) is 13.7. The van der Waals surface area contributed by atoms with Crippen molar-refractivity contribution in [2.24, 2.45) is 0 Å². The van der Waals surface area contributed by atoms with Gasteiger partial charge in [0.2, 0.25) is 0 Å². The Kier molecular flexibility index (Phi) is 7.00. The van der Waals surface area contributed by atoms with Gasteiger partial charge in [0.1, 0.15) is 0 Å². The van der Waals surface area contributed by atoms with Crippen molar-refractivity contribution in [3.05, 3.63) is 16.9 Å². The van der Waals surface area contributed by atoms with Gasteiger partial charge in [-0.2, -0.15) is 5.10 Å². The molecule has 1 N–H and O–H groups in total. The number of halogens is 1. The number of hydrogen-bond acceptors (Lipinski definition) is 3. The Balaban J connectivity index is 3.28. The molecular formula is C15H28ClN3O. The summed E-state index contributed by atoms with van der Waals surface area (Å²) in [5.74, 6) is 0. The molecule has 4 nitrogen and oxygen atoms in total. The number of ether oxygens (including phenoxy) is 1. The Hall–Kier alpha value is -0.580. The van der Waals surface area contributed by atoms with Gasteiger partial charge in [0.15, 0.2) is 0 Å². The Morgan fingerprint density at radius 1 is 1.35 bits per heavy atom.